The van der Waals surface area contributed by atoms with Crippen LogP contribution in [0.1, 0.15) is 5.69 Å². The first-order valence-electron chi connectivity index (χ1n) is 4.44. The Balaban J connectivity index is 2.26. The summed E-state index contributed by atoms with van der Waals surface area (Å²) in [4.78, 5) is 11.1. The number of pyridine rings is 1. The second kappa shape index (κ2) is 4.40. The summed E-state index contributed by atoms with van der Waals surface area (Å²) in [6.07, 6.45) is 2.43. The molecule has 0 aliphatic carbocycles. The van der Waals surface area contributed by atoms with Crippen molar-refractivity contribution in [1.82, 2.24) is 15.0 Å². The molecule has 0 aliphatic heterocycles. The summed E-state index contributed by atoms with van der Waals surface area (Å²) in [5, 5.41) is -0.0727. The van der Waals surface area contributed by atoms with E-state index in [1.54, 1.807) is 12.1 Å². The Labute approximate surface area is 96.1 Å². The molecule has 6 heteroatoms. The molecular formula is C10H7ClFN3O. The summed E-state index contributed by atoms with van der Waals surface area (Å²) in [5.41, 5.74) is 0.841. The van der Waals surface area contributed by atoms with Gasteiger partial charge >= 0.3 is 0 Å². The van der Waals surface area contributed by atoms with Crippen LogP contribution in [0.5, 0.6) is 11.6 Å². The van der Waals surface area contributed by atoms with Gasteiger partial charge in [0, 0.05) is 5.69 Å². The highest BCUT2D eigenvalue weighted by Crippen LogP contribution is 2.22. The maximum absolute atomic E-state index is 13.2. The SMILES string of the molecule is Cc1ccc(Oc2nc(Cl)ncc2F)cn1. The highest BCUT2D eigenvalue weighted by Gasteiger charge is 2.08. The predicted molar refractivity (Wildman–Crippen MR) is 56.0 cm³/mol. The fraction of sp³-hybridized carbons (Fsp3) is 0.100. The van der Waals surface area contributed by atoms with Gasteiger partial charge in [-0.15, -0.1) is 0 Å². The molecule has 0 aliphatic rings. The number of aromatic nitrogens is 3. The number of hydrogen-bond acceptors (Lipinski definition) is 4. The van der Waals surface area contributed by atoms with Gasteiger partial charge in [0.05, 0.1) is 12.4 Å². The van der Waals surface area contributed by atoms with Crippen molar-refractivity contribution in [3.05, 3.63) is 41.3 Å². The smallest absolute Gasteiger partial charge is 0.260 e. The van der Waals surface area contributed by atoms with Crippen LogP contribution in [-0.2, 0) is 0 Å². The zero-order valence-electron chi connectivity index (χ0n) is 8.32. The van der Waals surface area contributed by atoms with E-state index < -0.39 is 5.82 Å². The largest absolute Gasteiger partial charge is 0.435 e. The molecule has 0 fully saturated rings. The van der Waals surface area contributed by atoms with E-state index >= 15 is 0 Å². The van der Waals surface area contributed by atoms with E-state index in [1.807, 2.05) is 6.92 Å². The monoisotopic (exact) mass is 239 g/mol. The lowest BCUT2D eigenvalue weighted by molar-refractivity contribution is 0.418. The lowest BCUT2D eigenvalue weighted by atomic mass is 10.4. The molecule has 0 saturated heterocycles. The van der Waals surface area contributed by atoms with Crippen molar-refractivity contribution in [3.8, 4) is 11.6 Å². The first-order valence-corrected chi connectivity index (χ1v) is 4.81. The Morgan fingerprint density at radius 2 is 2.06 bits per heavy atom. The number of aryl methyl sites for hydroxylation is 1. The van der Waals surface area contributed by atoms with Crippen LogP contribution in [0.15, 0.2) is 24.5 Å². The van der Waals surface area contributed by atoms with Crippen LogP contribution in [0, 0.1) is 12.7 Å². The lowest BCUT2D eigenvalue weighted by Gasteiger charge is -2.04. The Morgan fingerprint density at radius 1 is 1.25 bits per heavy atom. The minimum Gasteiger partial charge on any atom is -0.435 e. The zero-order chi connectivity index (χ0) is 11.5. The summed E-state index contributed by atoms with van der Waals surface area (Å²) < 4.78 is 18.4. The molecule has 4 nitrogen and oxygen atoms in total. The average Bonchev–Trinajstić information content (AvgIpc) is 2.27. The van der Waals surface area contributed by atoms with Gasteiger partial charge in [-0.05, 0) is 30.7 Å². The highest BCUT2D eigenvalue weighted by atomic mass is 35.5. The quantitative estimate of drug-likeness (QED) is 0.756. The maximum Gasteiger partial charge on any atom is 0.260 e. The van der Waals surface area contributed by atoms with Crippen LogP contribution in [0.3, 0.4) is 0 Å². The second-order valence-corrected chi connectivity index (χ2v) is 3.37. The molecule has 0 N–H and O–H groups in total. The lowest BCUT2D eigenvalue weighted by Crippen LogP contribution is -1.94. The first kappa shape index (κ1) is 10.8. The third kappa shape index (κ3) is 2.43. The number of ether oxygens (including phenoxy) is 1. The maximum atomic E-state index is 13.2. The van der Waals surface area contributed by atoms with Crippen molar-refractivity contribution in [2.75, 3.05) is 0 Å². The minimum atomic E-state index is -0.676. The molecule has 0 amide bonds. The van der Waals surface area contributed by atoms with Crippen molar-refractivity contribution in [2.45, 2.75) is 6.92 Å². The molecule has 0 spiro atoms. The number of nitrogens with zero attached hydrogens (tertiary/aromatic N) is 3. The van der Waals surface area contributed by atoms with E-state index in [-0.39, 0.29) is 11.2 Å². The zero-order valence-corrected chi connectivity index (χ0v) is 9.07. The van der Waals surface area contributed by atoms with Gasteiger partial charge in [0.1, 0.15) is 5.75 Å². The molecule has 2 aromatic rings. The van der Waals surface area contributed by atoms with E-state index in [4.69, 9.17) is 16.3 Å². The van der Waals surface area contributed by atoms with Gasteiger partial charge in [0.25, 0.3) is 5.88 Å². The molecule has 82 valence electrons. The summed E-state index contributed by atoms with van der Waals surface area (Å²) in [6, 6.07) is 3.41. The van der Waals surface area contributed by atoms with Gasteiger partial charge in [0.15, 0.2) is 0 Å². The van der Waals surface area contributed by atoms with Crippen LogP contribution < -0.4 is 4.74 Å². The number of rotatable bonds is 2. The average molecular weight is 240 g/mol. The van der Waals surface area contributed by atoms with Crippen LogP contribution in [0.4, 0.5) is 4.39 Å². The fourth-order valence-corrected chi connectivity index (χ4v) is 1.15. The predicted octanol–water partition coefficient (Wildman–Crippen LogP) is 2.76. The molecule has 0 atom stereocenters. The molecule has 0 aromatic carbocycles. The summed E-state index contributed by atoms with van der Waals surface area (Å²) in [7, 11) is 0. The third-order valence-electron chi connectivity index (χ3n) is 1.78. The summed E-state index contributed by atoms with van der Waals surface area (Å²) >= 11 is 5.52. The summed E-state index contributed by atoms with van der Waals surface area (Å²) in [6.45, 7) is 1.84. The molecule has 2 heterocycles. The van der Waals surface area contributed by atoms with Crippen molar-refractivity contribution < 1.29 is 9.13 Å². The molecule has 16 heavy (non-hydrogen) atoms. The Morgan fingerprint density at radius 3 is 2.75 bits per heavy atom. The normalized spacial score (nSPS) is 10.2. The topological polar surface area (TPSA) is 47.9 Å². The molecule has 0 radical (unpaired) electrons. The third-order valence-corrected chi connectivity index (χ3v) is 1.96. The van der Waals surface area contributed by atoms with Gasteiger partial charge in [0.2, 0.25) is 11.1 Å². The van der Waals surface area contributed by atoms with Crippen LogP contribution >= 0.6 is 11.6 Å². The van der Waals surface area contributed by atoms with Crippen molar-refractivity contribution >= 4 is 11.6 Å². The number of halogens is 2. The van der Waals surface area contributed by atoms with Gasteiger partial charge in [-0.1, -0.05) is 0 Å². The minimum absolute atomic E-state index is 0.0727. The van der Waals surface area contributed by atoms with E-state index in [9.17, 15) is 4.39 Å². The van der Waals surface area contributed by atoms with Gasteiger partial charge in [-0.2, -0.15) is 9.37 Å². The highest BCUT2D eigenvalue weighted by molar-refractivity contribution is 6.28. The number of hydrogen-bond donors (Lipinski definition) is 0. The van der Waals surface area contributed by atoms with Gasteiger partial charge in [-0.3, -0.25) is 4.98 Å². The Hall–Kier alpha value is -1.75. The van der Waals surface area contributed by atoms with E-state index in [2.05, 4.69) is 15.0 Å². The van der Waals surface area contributed by atoms with Crippen molar-refractivity contribution in [1.29, 1.82) is 0 Å². The molecule has 0 saturated carbocycles. The van der Waals surface area contributed by atoms with Crippen molar-refractivity contribution in [3.63, 3.8) is 0 Å². The van der Waals surface area contributed by atoms with Crippen molar-refractivity contribution in [2.24, 2.45) is 0 Å². The standard InChI is InChI=1S/C10H7ClFN3O/c1-6-2-3-7(4-13-6)16-9-8(12)5-14-10(11)15-9/h2-5H,1H3. The fourth-order valence-electron chi connectivity index (χ4n) is 1.03. The molecule has 2 aromatic heterocycles. The van der Waals surface area contributed by atoms with Crippen LogP contribution in [-0.4, -0.2) is 15.0 Å². The first-order chi connectivity index (χ1) is 7.65. The molecule has 0 bridgehead atoms. The molecule has 2 rings (SSSR count). The Kier molecular flexibility index (Phi) is 2.96. The van der Waals surface area contributed by atoms with E-state index in [0.29, 0.717) is 5.75 Å². The van der Waals surface area contributed by atoms with Gasteiger partial charge in [-0.25, -0.2) is 4.98 Å². The summed E-state index contributed by atoms with van der Waals surface area (Å²) in [5.74, 6) is -0.505. The van der Waals surface area contributed by atoms with Crippen LogP contribution in [0.25, 0.3) is 0 Å². The van der Waals surface area contributed by atoms with Crippen LogP contribution in [0.2, 0.25) is 5.28 Å². The molecule has 0 unspecified atom stereocenters. The van der Waals surface area contributed by atoms with E-state index in [1.165, 1.54) is 6.20 Å². The molecular weight excluding hydrogens is 233 g/mol. The van der Waals surface area contributed by atoms with Gasteiger partial charge < -0.3 is 4.74 Å². The second-order valence-electron chi connectivity index (χ2n) is 3.03. The van der Waals surface area contributed by atoms with E-state index in [0.717, 1.165) is 11.9 Å². The Bertz CT molecular complexity index is 504.